The summed E-state index contributed by atoms with van der Waals surface area (Å²) in [5.41, 5.74) is 6.56. The number of rotatable bonds is 13. The normalized spacial score (nSPS) is 16.1. The van der Waals surface area contributed by atoms with Gasteiger partial charge < -0.3 is 23.8 Å². The molecule has 226 valence electrons. The second kappa shape index (κ2) is 14.0. The van der Waals surface area contributed by atoms with Crippen LogP contribution in [0.5, 0.6) is 17.2 Å². The van der Waals surface area contributed by atoms with Gasteiger partial charge in [0, 0.05) is 24.6 Å². The topological polar surface area (TPSA) is 57.2 Å². The van der Waals surface area contributed by atoms with Crippen LogP contribution in [0.1, 0.15) is 60.1 Å². The van der Waals surface area contributed by atoms with E-state index in [-0.39, 0.29) is 22.3 Å². The number of fused-ring (bicyclic) bond motifs is 1. The van der Waals surface area contributed by atoms with Gasteiger partial charge in [0.1, 0.15) is 40.9 Å². The molecule has 1 heterocycles. The second-order valence-corrected chi connectivity index (χ2v) is 12.8. The van der Waals surface area contributed by atoms with E-state index in [1.165, 1.54) is 5.56 Å². The Balaban J connectivity index is 1.38. The lowest BCUT2D eigenvalue weighted by atomic mass is 9.82. The van der Waals surface area contributed by atoms with Gasteiger partial charge in [-0.25, -0.2) is 0 Å². The zero-order chi connectivity index (χ0) is 30.4. The Morgan fingerprint density at radius 1 is 0.976 bits per heavy atom. The third-order valence-corrected chi connectivity index (χ3v) is 8.83. The smallest absolute Gasteiger partial charge is 0.320 e. The molecule has 4 rings (SSSR count). The molecule has 2 unspecified atom stereocenters. The summed E-state index contributed by atoms with van der Waals surface area (Å²) in [6.07, 6.45) is 0.569. The highest BCUT2D eigenvalue weighted by Gasteiger charge is 2.44. The van der Waals surface area contributed by atoms with E-state index >= 15 is 0 Å². The van der Waals surface area contributed by atoms with Crippen LogP contribution in [0.15, 0.2) is 54.6 Å². The van der Waals surface area contributed by atoms with Crippen LogP contribution in [-0.4, -0.2) is 54.6 Å². The summed E-state index contributed by atoms with van der Waals surface area (Å²) in [6.45, 7) is 15.7. The highest BCUT2D eigenvalue weighted by molar-refractivity contribution is 9.10. The van der Waals surface area contributed by atoms with Crippen LogP contribution in [0.25, 0.3) is 0 Å². The molecule has 42 heavy (non-hydrogen) atoms. The van der Waals surface area contributed by atoms with Gasteiger partial charge in [-0.3, -0.25) is 4.79 Å². The number of likely N-dealkylation sites (N-methyl/N-ethyl adjacent to an activating group) is 1. The quantitative estimate of drug-likeness (QED) is 0.144. The Morgan fingerprint density at radius 2 is 1.67 bits per heavy atom. The number of carbonyl (C=O) groups excluding carboxylic acids is 1. The molecular formula is C35H44BrNO5. The van der Waals surface area contributed by atoms with E-state index < -0.39 is 0 Å². The predicted octanol–water partition coefficient (Wildman–Crippen LogP) is 7.33. The van der Waals surface area contributed by atoms with Crippen molar-refractivity contribution >= 4 is 21.9 Å². The third-order valence-electron chi connectivity index (χ3n) is 8.13. The average molecular weight is 639 g/mol. The highest BCUT2D eigenvalue weighted by Crippen LogP contribution is 2.52. The third kappa shape index (κ3) is 7.48. The number of hydrogen-bond acceptors (Lipinski definition) is 6. The van der Waals surface area contributed by atoms with Gasteiger partial charge in [0.2, 0.25) is 0 Å². The van der Waals surface area contributed by atoms with Gasteiger partial charge in [-0.2, -0.15) is 0 Å². The molecule has 0 aliphatic carbocycles. The summed E-state index contributed by atoms with van der Waals surface area (Å²) in [7, 11) is 2.13. The number of hydrogen-bond donors (Lipinski definition) is 0. The lowest BCUT2D eigenvalue weighted by molar-refractivity contribution is -0.142. The molecule has 7 heteroatoms. The summed E-state index contributed by atoms with van der Waals surface area (Å²) in [5.74, 6) is 2.73. The van der Waals surface area contributed by atoms with Crippen molar-refractivity contribution in [1.82, 2.24) is 4.90 Å². The molecule has 0 amide bonds. The van der Waals surface area contributed by atoms with E-state index in [1.54, 1.807) is 0 Å². The first-order valence-corrected chi connectivity index (χ1v) is 15.6. The van der Waals surface area contributed by atoms with Gasteiger partial charge in [-0.05, 0) is 95.0 Å². The van der Waals surface area contributed by atoms with Gasteiger partial charge in [0.25, 0.3) is 0 Å². The zero-order valence-corrected chi connectivity index (χ0v) is 27.5. The Kier molecular flexibility index (Phi) is 10.6. The number of nitrogens with zero attached hydrogens (tertiary/aromatic N) is 1. The van der Waals surface area contributed by atoms with Crippen molar-refractivity contribution in [3.05, 3.63) is 88.0 Å². The fourth-order valence-electron chi connectivity index (χ4n) is 5.57. The number of ether oxygens (including phenoxy) is 4. The predicted molar refractivity (Wildman–Crippen MR) is 171 cm³/mol. The maximum Gasteiger partial charge on any atom is 0.320 e. The lowest BCUT2D eigenvalue weighted by Crippen LogP contribution is -2.38. The van der Waals surface area contributed by atoms with Crippen molar-refractivity contribution in [2.45, 2.75) is 70.9 Å². The van der Waals surface area contributed by atoms with Crippen molar-refractivity contribution in [2.75, 3.05) is 33.4 Å². The van der Waals surface area contributed by atoms with Crippen LogP contribution in [0.4, 0.5) is 0 Å². The Labute approximate surface area is 259 Å². The van der Waals surface area contributed by atoms with Crippen LogP contribution in [0.2, 0.25) is 0 Å². The van der Waals surface area contributed by atoms with Crippen molar-refractivity contribution in [3.8, 4) is 17.2 Å². The van der Waals surface area contributed by atoms with Crippen molar-refractivity contribution in [1.29, 1.82) is 0 Å². The van der Waals surface area contributed by atoms with Crippen LogP contribution in [-0.2, 0) is 22.6 Å². The summed E-state index contributed by atoms with van der Waals surface area (Å²) in [4.78, 5) is 13.8. The monoisotopic (exact) mass is 637 g/mol. The summed E-state index contributed by atoms with van der Waals surface area (Å²) in [5, 5.41) is 0. The van der Waals surface area contributed by atoms with E-state index in [4.69, 9.17) is 18.9 Å². The summed E-state index contributed by atoms with van der Waals surface area (Å²) < 4.78 is 24.2. The summed E-state index contributed by atoms with van der Waals surface area (Å²) in [6, 6.07) is 18.2. The molecule has 0 spiro atoms. The molecule has 3 aromatic rings. The molecule has 3 aromatic carbocycles. The van der Waals surface area contributed by atoms with Crippen LogP contribution in [0, 0.1) is 20.8 Å². The molecule has 1 aliphatic heterocycles. The number of esters is 1. The molecule has 6 nitrogen and oxygen atoms in total. The first-order valence-electron chi connectivity index (χ1n) is 14.7. The molecule has 2 atom stereocenters. The summed E-state index contributed by atoms with van der Waals surface area (Å²) >= 11 is 3.42. The molecule has 0 N–H and O–H groups in total. The molecular weight excluding hydrogens is 594 g/mol. The van der Waals surface area contributed by atoms with Crippen LogP contribution >= 0.6 is 15.9 Å². The Hall–Kier alpha value is -3.03. The SMILES string of the molecule is CCOC(=O)C(Br)Cc1ccc(OCCN(C)CC2c3c(C)c(OCc4ccccc4)c(C)c(C)c3OC2(C)C)cc1. The molecule has 0 saturated heterocycles. The van der Waals surface area contributed by atoms with Gasteiger partial charge in [-0.15, -0.1) is 0 Å². The van der Waals surface area contributed by atoms with Crippen molar-refractivity contribution < 1.29 is 23.7 Å². The fourth-order valence-corrected chi connectivity index (χ4v) is 6.08. The van der Waals surface area contributed by atoms with E-state index in [0.29, 0.717) is 26.2 Å². The Morgan fingerprint density at radius 3 is 2.33 bits per heavy atom. The average Bonchev–Trinajstić information content (AvgIpc) is 3.23. The first-order chi connectivity index (χ1) is 20.0. The van der Waals surface area contributed by atoms with Crippen LogP contribution in [0.3, 0.4) is 0 Å². The van der Waals surface area contributed by atoms with Gasteiger partial charge in [-0.1, -0.05) is 58.4 Å². The number of halogens is 1. The van der Waals surface area contributed by atoms with E-state index in [0.717, 1.165) is 58.2 Å². The van der Waals surface area contributed by atoms with E-state index in [9.17, 15) is 4.79 Å². The molecule has 0 radical (unpaired) electrons. The molecule has 1 aliphatic rings. The number of benzene rings is 3. The molecule has 0 fully saturated rings. The molecule has 0 aromatic heterocycles. The van der Waals surface area contributed by atoms with Gasteiger partial charge in [0.15, 0.2) is 0 Å². The number of carbonyl (C=O) groups is 1. The zero-order valence-electron chi connectivity index (χ0n) is 26.0. The maximum atomic E-state index is 11.9. The second-order valence-electron chi connectivity index (χ2n) is 11.7. The lowest BCUT2D eigenvalue weighted by Gasteiger charge is -2.30. The van der Waals surface area contributed by atoms with Gasteiger partial charge in [0.05, 0.1) is 6.61 Å². The van der Waals surface area contributed by atoms with Crippen molar-refractivity contribution in [2.24, 2.45) is 0 Å². The van der Waals surface area contributed by atoms with E-state index in [1.807, 2.05) is 49.4 Å². The van der Waals surface area contributed by atoms with Crippen LogP contribution < -0.4 is 14.2 Å². The van der Waals surface area contributed by atoms with Gasteiger partial charge >= 0.3 is 5.97 Å². The minimum Gasteiger partial charge on any atom is -0.492 e. The number of alkyl halides is 1. The minimum absolute atomic E-state index is 0.187. The fraction of sp³-hybridized carbons (Fsp3) is 0.457. The molecule has 0 bridgehead atoms. The highest BCUT2D eigenvalue weighted by atomic mass is 79.9. The van der Waals surface area contributed by atoms with E-state index in [2.05, 4.69) is 74.6 Å². The minimum atomic E-state index is -0.352. The standard InChI is InChI=1S/C35H44BrNO5/c1-8-39-34(38)30(36)20-26-14-16-28(17-15-26)40-19-18-37(7)21-29-31-25(4)32(41-22-27-12-10-9-11-13-27)23(2)24(3)33(31)42-35(29,5)6/h9-17,29-30H,8,18-22H2,1-7H3. The Bertz CT molecular complexity index is 1360. The molecule has 0 saturated carbocycles. The maximum absolute atomic E-state index is 11.9. The largest absolute Gasteiger partial charge is 0.492 e. The first kappa shape index (κ1) is 31.9. The van der Waals surface area contributed by atoms with Crippen molar-refractivity contribution in [3.63, 3.8) is 0 Å².